The number of halogens is 1. The number of hydrogen-bond donors (Lipinski definition) is 0. The molecule has 0 radical (unpaired) electrons. The van der Waals surface area contributed by atoms with E-state index >= 15 is 0 Å². The number of fused-ring (bicyclic) bond motifs is 1. The Hall–Kier alpha value is -2.50. The number of hydrogen-bond acceptors (Lipinski definition) is 4. The summed E-state index contributed by atoms with van der Waals surface area (Å²) < 4.78 is 1.78. The van der Waals surface area contributed by atoms with E-state index in [0.29, 0.717) is 0 Å². The maximum Gasteiger partial charge on any atom is 0.235 e. The highest BCUT2D eigenvalue weighted by atomic mass is 35.5. The summed E-state index contributed by atoms with van der Waals surface area (Å²) in [6.45, 7) is 0. The maximum atomic E-state index is 5.89. The summed E-state index contributed by atoms with van der Waals surface area (Å²) in [5.41, 5.74) is 2.07. The third kappa shape index (κ3) is 2.88. The van der Waals surface area contributed by atoms with Crippen LogP contribution in [0.1, 0.15) is 10.6 Å². The fraction of sp³-hybridized carbons (Fsp3) is 0. The van der Waals surface area contributed by atoms with Crippen molar-refractivity contribution in [1.29, 1.82) is 0 Å². The molecule has 0 spiro atoms. The molecule has 23 heavy (non-hydrogen) atoms. The van der Waals surface area contributed by atoms with Crippen molar-refractivity contribution in [2.24, 2.45) is 0 Å². The lowest BCUT2D eigenvalue weighted by Crippen LogP contribution is -1.90. The molecule has 0 aliphatic carbocycles. The average molecular weight is 339 g/mol. The first kappa shape index (κ1) is 14.1. The van der Waals surface area contributed by atoms with Crippen LogP contribution in [-0.2, 0) is 0 Å². The second-order valence-electron chi connectivity index (χ2n) is 4.91. The van der Waals surface area contributed by atoms with E-state index in [9.17, 15) is 0 Å². The lowest BCUT2D eigenvalue weighted by Gasteiger charge is -1.95. The van der Waals surface area contributed by atoms with Gasteiger partial charge in [-0.1, -0.05) is 71.5 Å². The molecular weight excluding hydrogens is 328 g/mol. The van der Waals surface area contributed by atoms with Crippen LogP contribution in [0.5, 0.6) is 0 Å². The zero-order valence-electron chi connectivity index (χ0n) is 11.9. The second-order valence-corrected chi connectivity index (χ2v) is 6.33. The summed E-state index contributed by atoms with van der Waals surface area (Å²) in [6.07, 6.45) is 3.97. The summed E-state index contributed by atoms with van der Waals surface area (Å²) in [5.74, 6) is 0.753. The Morgan fingerprint density at radius 1 is 0.913 bits per heavy atom. The van der Waals surface area contributed by atoms with Crippen molar-refractivity contribution in [3.05, 3.63) is 70.2 Å². The summed E-state index contributed by atoms with van der Waals surface area (Å²) in [6, 6.07) is 17.6. The molecule has 0 N–H and O–H groups in total. The van der Waals surface area contributed by atoms with Gasteiger partial charge in [0.05, 0.1) is 0 Å². The number of aromatic nitrogens is 4. The minimum Gasteiger partial charge on any atom is -0.182 e. The molecule has 0 fully saturated rings. The molecule has 4 aromatic rings. The van der Waals surface area contributed by atoms with E-state index in [-0.39, 0.29) is 0 Å². The van der Waals surface area contributed by atoms with Crippen molar-refractivity contribution in [1.82, 2.24) is 19.8 Å². The topological polar surface area (TPSA) is 43.1 Å². The Bertz CT molecular complexity index is 971. The zero-order valence-corrected chi connectivity index (χ0v) is 13.5. The van der Waals surface area contributed by atoms with E-state index in [1.54, 1.807) is 4.52 Å². The molecular formula is C17H11ClN4S. The van der Waals surface area contributed by atoms with Crippen LogP contribution < -0.4 is 0 Å². The lowest BCUT2D eigenvalue weighted by molar-refractivity contribution is 0.960. The van der Waals surface area contributed by atoms with E-state index in [0.717, 1.165) is 31.9 Å². The first-order valence-electron chi connectivity index (χ1n) is 7.01. The number of nitrogens with zero attached hydrogens (tertiary/aromatic N) is 4. The Morgan fingerprint density at radius 2 is 1.70 bits per heavy atom. The number of rotatable bonds is 3. The molecule has 0 atom stereocenters. The van der Waals surface area contributed by atoms with Crippen LogP contribution in [0, 0.1) is 0 Å². The van der Waals surface area contributed by atoms with E-state index in [1.807, 2.05) is 66.7 Å². The smallest absolute Gasteiger partial charge is 0.182 e. The number of benzene rings is 2. The predicted molar refractivity (Wildman–Crippen MR) is 94.5 cm³/mol. The van der Waals surface area contributed by atoms with Gasteiger partial charge in [-0.15, -0.1) is 10.2 Å². The molecule has 0 unspecified atom stereocenters. The van der Waals surface area contributed by atoms with Gasteiger partial charge < -0.3 is 0 Å². The Balaban J connectivity index is 1.67. The van der Waals surface area contributed by atoms with Crippen LogP contribution in [0.4, 0.5) is 0 Å². The lowest BCUT2D eigenvalue weighted by atomic mass is 10.2. The quantitative estimate of drug-likeness (QED) is 0.545. The Morgan fingerprint density at radius 3 is 2.48 bits per heavy atom. The van der Waals surface area contributed by atoms with Crippen molar-refractivity contribution in [2.45, 2.75) is 0 Å². The minimum absolute atomic E-state index is 0.730. The minimum atomic E-state index is 0.730. The standard InChI is InChI=1S/C17H11ClN4S/c18-14-9-6-12(7-10-14)8-11-15-21-22-16(19-20-17(22)23-15)13-4-2-1-3-5-13/h1-11H/b11-8+. The van der Waals surface area contributed by atoms with Crippen LogP contribution >= 0.6 is 22.9 Å². The molecule has 0 aliphatic rings. The van der Waals surface area contributed by atoms with Crippen molar-refractivity contribution < 1.29 is 0 Å². The van der Waals surface area contributed by atoms with Crippen LogP contribution in [0.3, 0.4) is 0 Å². The fourth-order valence-corrected chi connectivity index (χ4v) is 3.07. The summed E-state index contributed by atoms with van der Waals surface area (Å²) in [7, 11) is 0. The molecule has 112 valence electrons. The van der Waals surface area contributed by atoms with Crippen molar-refractivity contribution in [2.75, 3.05) is 0 Å². The van der Waals surface area contributed by atoms with E-state index < -0.39 is 0 Å². The molecule has 4 rings (SSSR count). The Kier molecular flexibility index (Phi) is 3.65. The van der Waals surface area contributed by atoms with Gasteiger partial charge >= 0.3 is 0 Å². The summed E-state index contributed by atoms with van der Waals surface area (Å²) >= 11 is 7.39. The third-order valence-electron chi connectivity index (χ3n) is 3.33. The highest BCUT2D eigenvalue weighted by molar-refractivity contribution is 7.17. The van der Waals surface area contributed by atoms with Crippen LogP contribution in [0.2, 0.25) is 5.02 Å². The highest BCUT2D eigenvalue weighted by Crippen LogP contribution is 2.22. The van der Waals surface area contributed by atoms with Gasteiger partial charge in [-0.25, -0.2) is 0 Å². The van der Waals surface area contributed by atoms with Crippen molar-refractivity contribution in [3.8, 4) is 11.4 Å². The first-order chi connectivity index (χ1) is 11.3. The monoisotopic (exact) mass is 338 g/mol. The van der Waals surface area contributed by atoms with Crippen molar-refractivity contribution >= 4 is 40.1 Å². The molecule has 0 amide bonds. The average Bonchev–Trinajstić information content (AvgIpc) is 3.15. The van der Waals surface area contributed by atoms with E-state index in [1.165, 1.54) is 11.3 Å². The normalized spacial score (nSPS) is 11.5. The molecule has 2 aromatic heterocycles. The predicted octanol–water partition coefficient (Wildman–Crippen LogP) is 4.68. The van der Waals surface area contributed by atoms with Crippen LogP contribution in [0.25, 0.3) is 28.5 Å². The summed E-state index contributed by atoms with van der Waals surface area (Å²) in [5, 5.41) is 14.6. The maximum absolute atomic E-state index is 5.89. The molecule has 4 nitrogen and oxygen atoms in total. The van der Waals surface area contributed by atoms with E-state index in [4.69, 9.17) is 11.6 Å². The summed E-state index contributed by atoms with van der Waals surface area (Å²) in [4.78, 5) is 0.777. The molecule has 0 bridgehead atoms. The molecule has 2 aromatic carbocycles. The van der Waals surface area contributed by atoms with Gasteiger partial charge in [-0.3, -0.25) is 0 Å². The van der Waals surface area contributed by atoms with Gasteiger partial charge in [-0.2, -0.15) is 9.61 Å². The van der Waals surface area contributed by atoms with Gasteiger partial charge in [0, 0.05) is 10.6 Å². The highest BCUT2D eigenvalue weighted by Gasteiger charge is 2.11. The van der Waals surface area contributed by atoms with Gasteiger partial charge in [0.2, 0.25) is 4.96 Å². The van der Waals surface area contributed by atoms with Crippen LogP contribution in [-0.4, -0.2) is 19.8 Å². The molecule has 0 saturated carbocycles. The third-order valence-corrected chi connectivity index (χ3v) is 4.44. The van der Waals surface area contributed by atoms with Crippen LogP contribution in [0.15, 0.2) is 54.6 Å². The first-order valence-corrected chi connectivity index (χ1v) is 8.20. The SMILES string of the molecule is Clc1ccc(/C=C/c2nn3c(-c4ccccc4)nnc3s2)cc1. The van der Waals surface area contributed by atoms with Gasteiger partial charge in [0.15, 0.2) is 5.82 Å². The van der Waals surface area contributed by atoms with Gasteiger partial charge in [0.1, 0.15) is 5.01 Å². The molecule has 0 saturated heterocycles. The van der Waals surface area contributed by atoms with Crippen molar-refractivity contribution in [3.63, 3.8) is 0 Å². The molecule has 2 heterocycles. The molecule has 0 aliphatic heterocycles. The van der Waals surface area contributed by atoms with Gasteiger partial charge in [0.25, 0.3) is 0 Å². The fourth-order valence-electron chi connectivity index (χ4n) is 2.21. The largest absolute Gasteiger partial charge is 0.235 e. The Labute approximate surface area is 141 Å². The van der Waals surface area contributed by atoms with E-state index in [2.05, 4.69) is 15.3 Å². The van der Waals surface area contributed by atoms with Gasteiger partial charge in [-0.05, 0) is 23.8 Å². The zero-order chi connectivity index (χ0) is 15.6. The molecule has 6 heteroatoms. The second kappa shape index (κ2) is 5.95.